The van der Waals surface area contributed by atoms with E-state index in [1.807, 2.05) is 37.3 Å². The minimum absolute atomic E-state index is 0.112. The van der Waals surface area contributed by atoms with Crippen LogP contribution < -0.4 is 15.0 Å². The number of likely N-dealkylation sites (tertiary alicyclic amines) is 1. The van der Waals surface area contributed by atoms with Gasteiger partial charge in [-0.15, -0.1) is 13.2 Å². The number of amides is 3. The molecule has 0 aliphatic carbocycles. The van der Waals surface area contributed by atoms with Crippen LogP contribution in [0.3, 0.4) is 0 Å². The van der Waals surface area contributed by atoms with E-state index in [1.54, 1.807) is 43.5 Å². The molecule has 1 spiro atoms. The van der Waals surface area contributed by atoms with Crippen LogP contribution in [0, 0.1) is 11.8 Å². The maximum absolute atomic E-state index is 14.8. The van der Waals surface area contributed by atoms with Gasteiger partial charge >= 0.3 is 5.97 Å². The first-order chi connectivity index (χ1) is 23.6. The minimum Gasteiger partial charge on any atom is -0.497 e. The summed E-state index contributed by atoms with van der Waals surface area (Å²) in [5.41, 5.74) is -0.0523. The standard InChI is InChI=1S/C37H44BrN3O8/c1-5-8-14-29(43)48-22-28(23-12-10-9-11-13-23)39-34(44)30-31-35(45)41(24(7-3)21-42)33(37(31)20-27(38)32(30)49-37)36(46)40(19-6-2)25-15-17-26(47-4)18-16-25/h5-6,9-13,15-18,24,27-28,30-33,42H,1-2,7-8,14,19-22H2,3-4H3,(H,39,44)/t24-,27?,28-,30-,31+,32-,33-,37+/m0/s1. The van der Waals surface area contributed by atoms with Crippen molar-refractivity contribution < 1.29 is 38.5 Å². The number of esters is 1. The zero-order valence-corrected chi connectivity index (χ0v) is 29.4. The van der Waals surface area contributed by atoms with Gasteiger partial charge in [0.1, 0.15) is 24.0 Å². The highest BCUT2D eigenvalue weighted by Gasteiger charge is 2.77. The van der Waals surface area contributed by atoms with Crippen LogP contribution in [0.5, 0.6) is 5.75 Å². The Morgan fingerprint density at radius 1 is 1.16 bits per heavy atom. The first-order valence-corrected chi connectivity index (χ1v) is 17.5. The summed E-state index contributed by atoms with van der Waals surface area (Å²) in [6.45, 7) is 9.00. The van der Waals surface area contributed by atoms with Crippen LogP contribution in [-0.4, -0.2) is 89.2 Å². The average molecular weight is 739 g/mol. The highest BCUT2D eigenvalue weighted by atomic mass is 79.9. The second kappa shape index (κ2) is 15.7. The molecule has 49 heavy (non-hydrogen) atoms. The molecule has 5 rings (SSSR count). The molecule has 3 amide bonds. The Balaban J connectivity index is 1.50. The number of carbonyl (C=O) groups excluding carboxylic acids is 4. The van der Waals surface area contributed by atoms with E-state index < -0.39 is 65.4 Å². The molecule has 0 aromatic heterocycles. The smallest absolute Gasteiger partial charge is 0.306 e. The zero-order chi connectivity index (χ0) is 35.3. The second-order valence-corrected chi connectivity index (χ2v) is 13.7. The molecule has 3 aliphatic heterocycles. The number of aliphatic hydroxyl groups is 1. The molecule has 3 fully saturated rings. The summed E-state index contributed by atoms with van der Waals surface area (Å²) in [5, 5.41) is 13.5. The van der Waals surface area contributed by atoms with E-state index in [1.165, 1.54) is 9.80 Å². The van der Waals surface area contributed by atoms with E-state index >= 15 is 0 Å². The predicted octanol–water partition coefficient (Wildman–Crippen LogP) is 4.10. The largest absolute Gasteiger partial charge is 0.497 e. The van der Waals surface area contributed by atoms with Gasteiger partial charge in [0.05, 0.1) is 43.7 Å². The van der Waals surface area contributed by atoms with Gasteiger partial charge in [0.15, 0.2) is 0 Å². The maximum Gasteiger partial charge on any atom is 0.306 e. The van der Waals surface area contributed by atoms with Crippen molar-refractivity contribution in [1.29, 1.82) is 0 Å². The molecule has 11 nitrogen and oxygen atoms in total. The zero-order valence-electron chi connectivity index (χ0n) is 27.8. The van der Waals surface area contributed by atoms with E-state index in [9.17, 15) is 24.3 Å². The Morgan fingerprint density at radius 2 is 1.88 bits per heavy atom. The van der Waals surface area contributed by atoms with Crippen LogP contribution in [0.4, 0.5) is 5.69 Å². The Labute approximate surface area is 295 Å². The van der Waals surface area contributed by atoms with Gasteiger partial charge in [0.25, 0.3) is 5.91 Å². The maximum atomic E-state index is 14.8. The van der Waals surface area contributed by atoms with Crippen LogP contribution in [0.2, 0.25) is 0 Å². The highest BCUT2D eigenvalue weighted by molar-refractivity contribution is 9.09. The van der Waals surface area contributed by atoms with Crippen molar-refractivity contribution >= 4 is 45.3 Å². The number of aliphatic hydroxyl groups excluding tert-OH is 1. The fourth-order valence-corrected chi connectivity index (χ4v) is 8.40. The first kappa shape index (κ1) is 36.3. The number of nitrogens with zero attached hydrogens (tertiary/aromatic N) is 2. The number of carbonyl (C=O) groups is 4. The van der Waals surface area contributed by atoms with Crippen LogP contribution in [0.15, 0.2) is 79.9 Å². The molecule has 3 saturated heterocycles. The number of nitrogens with one attached hydrogen (secondary N) is 1. The summed E-state index contributed by atoms with van der Waals surface area (Å²) in [5.74, 6) is -3.02. The molecule has 3 heterocycles. The van der Waals surface area contributed by atoms with Gasteiger partial charge in [0.2, 0.25) is 11.8 Å². The van der Waals surface area contributed by atoms with Gasteiger partial charge in [-0.25, -0.2) is 0 Å². The van der Waals surface area contributed by atoms with E-state index in [4.69, 9.17) is 14.2 Å². The number of benzene rings is 2. The van der Waals surface area contributed by atoms with Gasteiger partial charge in [-0.3, -0.25) is 19.2 Å². The summed E-state index contributed by atoms with van der Waals surface area (Å²) in [6.07, 6.45) is 3.84. The molecule has 0 saturated carbocycles. The lowest BCUT2D eigenvalue weighted by atomic mass is 9.70. The summed E-state index contributed by atoms with van der Waals surface area (Å²) in [4.78, 5) is 58.8. The number of ether oxygens (including phenoxy) is 3. The number of hydrogen-bond acceptors (Lipinski definition) is 8. The summed E-state index contributed by atoms with van der Waals surface area (Å²) in [7, 11) is 1.55. The van der Waals surface area contributed by atoms with Gasteiger partial charge in [-0.1, -0.05) is 65.3 Å². The van der Waals surface area contributed by atoms with E-state index in [2.05, 4.69) is 34.4 Å². The molecule has 2 bridgehead atoms. The topological polar surface area (TPSA) is 135 Å². The van der Waals surface area contributed by atoms with Crippen molar-refractivity contribution in [2.45, 2.75) is 67.3 Å². The molecule has 12 heteroatoms. The minimum atomic E-state index is -1.34. The second-order valence-electron chi connectivity index (χ2n) is 12.6. The van der Waals surface area contributed by atoms with Crippen molar-refractivity contribution in [3.05, 3.63) is 85.5 Å². The van der Waals surface area contributed by atoms with E-state index in [0.717, 1.165) is 5.56 Å². The van der Waals surface area contributed by atoms with Crippen molar-refractivity contribution in [3.63, 3.8) is 0 Å². The Hall–Kier alpha value is -4.00. The number of halogens is 1. The fourth-order valence-electron chi connectivity index (χ4n) is 7.46. The first-order valence-electron chi connectivity index (χ1n) is 16.6. The number of alkyl halides is 1. The summed E-state index contributed by atoms with van der Waals surface area (Å²) >= 11 is 3.72. The highest BCUT2D eigenvalue weighted by Crippen LogP contribution is 2.60. The van der Waals surface area contributed by atoms with Crippen LogP contribution in [0.1, 0.15) is 44.2 Å². The molecule has 2 aromatic carbocycles. The lowest BCUT2D eigenvalue weighted by molar-refractivity contribution is -0.146. The third-order valence-electron chi connectivity index (χ3n) is 9.78. The van der Waals surface area contributed by atoms with Gasteiger partial charge in [0, 0.05) is 23.5 Å². The van der Waals surface area contributed by atoms with Gasteiger partial charge in [-0.05, 0) is 49.1 Å². The SMILES string of the molecule is C=CCCC(=O)OC[C@H](NC(=O)[C@@H]1[C@H]2O[C@@]3(CC2Br)[C@H](C(=O)N(CC=C)c2ccc(OC)cc2)N([C@@H](CC)CO)C(=O)[C@@H]13)c1ccccc1. The number of allylic oxidation sites excluding steroid dienone is 1. The fraction of sp³-hybridized carbons (Fsp3) is 0.459. The predicted molar refractivity (Wildman–Crippen MR) is 187 cm³/mol. The van der Waals surface area contributed by atoms with Crippen LogP contribution in [-0.2, 0) is 28.7 Å². The third-order valence-corrected chi connectivity index (χ3v) is 10.6. The summed E-state index contributed by atoms with van der Waals surface area (Å²) in [6, 6.07) is 13.6. The molecule has 8 atom stereocenters. The monoisotopic (exact) mass is 737 g/mol. The molecule has 0 radical (unpaired) electrons. The van der Waals surface area contributed by atoms with Crippen molar-refractivity contribution in [1.82, 2.24) is 10.2 Å². The van der Waals surface area contributed by atoms with Crippen molar-refractivity contribution in [3.8, 4) is 5.75 Å². The molecule has 262 valence electrons. The normalized spacial score (nSPS) is 26.4. The number of hydrogen-bond donors (Lipinski definition) is 2. The number of methoxy groups -OCH3 is 1. The third kappa shape index (κ3) is 6.91. The van der Waals surface area contributed by atoms with Crippen molar-refractivity contribution in [2.75, 3.05) is 31.8 Å². The quantitative estimate of drug-likeness (QED) is 0.150. The molecule has 2 N–H and O–H groups in total. The molecular weight excluding hydrogens is 694 g/mol. The Kier molecular flexibility index (Phi) is 11.6. The lowest BCUT2D eigenvalue weighted by Crippen LogP contribution is -2.59. The van der Waals surface area contributed by atoms with E-state index in [-0.39, 0.29) is 31.0 Å². The number of anilines is 1. The Bertz CT molecular complexity index is 1530. The molecule has 1 unspecified atom stereocenters. The summed E-state index contributed by atoms with van der Waals surface area (Å²) < 4.78 is 17.5. The van der Waals surface area contributed by atoms with Crippen molar-refractivity contribution in [2.24, 2.45) is 11.8 Å². The molecule has 2 aromatic rings. The number of rotatable bonds is 16. The average Bonchev–Trinajstić information content (AvgIpc) is 3.72. The number of fused-ring (bicyclic) bond motifs is 1. The Morgan fingerprint density at radius 3 is 2.49 bits per heavy atom. The van der Waals surface area contributed by atoms with E-state index in [0.29, 0.717) is 30.7 Å². The van der Waals surface area contributed by atoms with Crippen LogP contribution >= 0.6 is 15.9 Å². The molecule has 3 aliphatic rings. The lowest BCUT2D eigenvalue weighted by Gasteiger charge is -2.39. The van der Waals surface area contributed by atoms with Crippen LogP contribution in [0.25, 0.3) is 0 Å². The van der Waals surface area contributed by atoms with Gasteiger partial charge < -0.3 is 34.4 Å². The van der Waals surface area contributed by atoms with Gasteiger partial charge in [-0.2, -0.15) is 0 Å². The molecular formula is C37H44BrN3O8.